The molecule has 2 heterocycles. The molecular formula is C16H12ClF3N5O. The van der Waals surface area contributed by atoms with Crippen LogP contribution in [0.1, 0.15) is 24.1 Å². The molecule has 135 valence electrons. The molecule has 3 rings (SSSR count). The van der Waals surface area contributed by atoms with Crippen molar-refractivity contribution in [2.45, 2.75) is 18.4 Å². The molecule has 6 nitrogen and oxygen atoms in total. The number of rotatable bonds is 5. The standard InChI is InChI=1S/C16H12ClF3N5O/c1-9(14-13(20)15(17)23-7-22-14)16(26,5-25-8-21-6-24-25)11-3-2-10(18)4-12(11)19/h2-9,26H,1H3. The summed E-state index contributed by atoms with van der Waals surface area (Å²) in [5.74, 6) is -3.92. The Morgan fingerprint density at radius 2 is 2.00 bits per heavy atom. The van der Waals surface area contributed by atoms with Crippen molar-refractivity contribution < 1.29 is 18.3 Å². The summed E-state index contributed by atoms with van der Waals surface area (Å²) in [5, 5.41) is 14.7. The summed E-state index contributed by atoms with van der Waals surface area (Å²) in [6.45, 7) is 2.54. The van der Waals surface area contributed by atoms with Crippen LogP contribution in [0.5, 0.6) is 0 Å². The highest BCUT2D eigenvalue weighted by Crippen LogP contribution is 2.41. The number of halogens is 4. The van der Waals surface area contributed by atoms with Gasteiger partial charge in [0.25, 0.3) is 0 Å². The number of aliphatic hydroxyl groups is 1. The second-order valence-corrected chi connectivity index (χ2v) is 5.90. The van der Waals surface area contributed by atoms with Crippen molar-refractivity contribution in [1.29, 1.82) is 0 Å². The average molecular weight is 383 g/mol. The molecule has 0 aliphatic carbocycles. The van der Waals surface area contributed by atoms with Crippen LogP contribution in [-0.2, 0) is 5.60 Å². The summed E-state index contributed by atoms with van der Waals surface area (Å²) in [7, 11) is 0. The second-order valence-electron chi connectivity index (χ2n) is 5.54. The predicted octanol–water partition coefficient (Wildman–Crippen LogP) is 2.84. The third-order valence-electron chi connectivity index (χ3n) is 3.97. The van der Waals surface area contributed by atoms with E-state index in [2.05, 4.69) is 20.1 Å². The molecule has 3 aromatic rings. The first-order valence-electron chi connectivity index (χ1n) is 7.37. The Hall–Kier alpha value is -2.52. The molecule has 0 saturated carbocycles. The maximum atomic E-state index is 14.4. The van der Waals surface area contributed by atoms with E-state index in [0.29, 0.717) is 6.07 Å². The van der Waals surface area contributed by atoms with Crippen LogP contribution in [-0.4, -0.2) is 29.8 Å². The number of hydrogen-bond acceptors (Lipinski definition) is 5. The molecule has 0 fully saturated rings. The highest BCUT2D eigenvalue weighted by molar-refractivity contribution is 6.29. The lowest BCUT2D eigenvalue weighted by Gasteiger charge is -2.34. The van der Waals surface area contributed by atoms with Crippen molar-refractivity contribution in [2.24, 2.45) is 0 Å². The fourth-order valence-electron chi connectivity index (χ4n) is 2.59. The van der Waals surface area contributed by atoms with Gasteiger partial charge in [0, 0.05) is 17.5 Å². The maximum Gasteiger partial charge on any atom is 0.182 e. The lowest BCUT2D eigenvalue weighted by Crippen LogP contribution is -2.37. The van der Waals surface area contributed by atoms with E-state index in [0.717, 1.165) is 29.7 Å². The molecule has 0 aliphatic heterocycles. The SMILES string of the molecule is CC(c1ncnc(Cl)c1F)C(O)([CH]n1cncn1)c1ccc(F)cc1F. The van der Waals surface area contributed by atoms with Crippen molar-refractivity contribution in [3.8, 4) is 0 Å². The third-order valence-corrected chi connectivity index (χ3v) is 4.24. The van der Waals surface area contributed by atoms with Gasteiger partial charge in [0.05, 0.1) is 5.69 Å². The molecule has 10 heteroatoms. The molecule has 0 spiro atoms. The van der Waals surface area contributed by atoms with Crippen LogP contribution in [0.25, 0.3) is 0 Å². The van der Waals surface area contributed by atoms with Gasteiger partial charge in [-0.25, -0.2) is 32.8 Å². The Balaban J connectivity index is 2.15. The maximum absolute atomic E-state index is 14.4. The molecule has 1 N–H and O–H groups in total. The first-order valence-corrected chi connectivity index (χ1v) is 7.74. The fraction of sp³-hybridized carbons (Fsp3) is 0.188. The molecule has 2 atom stereocenters. The molecule has 0 saturated heterocycles. The van der Waals surface area contributed by atoms with Gasteiger partial charge in [-0.3, -0.25) is 0 Å². The van der Waals surface area contributed by atoms with Crippen LogP contribution >= 0.6 is 11.6 Å². The van der Waals surface area contributed by atoms with Crippen molar-refractivity contribution in [3.05, 3.63) is 77.6 Å². The van der Waals surface area contributed by atoms with Gasteiger partial charge >= 0.3 is 0 Å². The molecule has 2 aromatic heterocycles. The van der Waals surface area contributed by atoms with Gasteiger partial charge in [-0.15, -0.1) is 0 Å². The first kappa shape index (κ1) is 18.3. The molecule has 26 heavy (non-hydrogen) atoms. The minimum Gasteiger partial charge on any atom is -0.382 e. The fourth-order valence-corrected chi connectivity index (χ4v) is 2.73. The van der Waals surface area contributed by atoms with Crippen LogP contribution < -0.4 is 0 Å². The van der Waals surface area contributed by atoms with Crippen LogP contribution in [0.15, 0.2) is 37.2 Å². The monoisotopic (exact) mass is 382 g/mol. The van der Waals surface area contributed by atoms with E-state index in [-0.39, 0.29) is 11.3 Å². The van der Waals surface area contributed by atoms with E-state index in [1.807, 2.05) is 0 Å². The number of benzene rings is 1. The quantitative estimate of drug-likeness (QED) is 0.687. The summed E-state index contributed by atoms with van der Waals surface area (Å²) >= 11 is 5.68. The first-order chi connectivity index (χ1) is 12.3. The minimum absolute atomic E-state index is 0.243. The molecular weight excluding hydrogens is 371 g/mol. The van der Waals surface area contributed by atoms with Gasteiger partial charge < -0.3 is 5.11 Å². The van der Waals surface area contributed by atoms with Crippen molar-refractivity contribution >= 4 is 11.6 Å². The highest BCUT2D eigenvalue weighted by atomic mass is 35.5. The lowest BCUT2D eigenvalue weighted by atomic mass is 9.79. The van der Waals surface area contributed by atoms with Crippen LogP contribution in [0.2, 0.25) is 5.15 Å². The van der Waals surface area contributed by atoms with E-state index in [4.69, 9.17) is 11.6 Å². The number of nitrogens with zero attached hydrogens (tertiary/aromatic N) is 5. The summed E-state index contributed by atoms with van der Waals surface area (Å²) in [4.78, 5) is 11.1. The van der Waals surface area contributed by atoms with Gasteiger partial charge in [-0.2, -0.15) is 5.10 Å². The van der Waals surface area contributed by atoms with E-state index in [9.17, 15) is 18.3 Å². The Bertz CT molecular complexity index is 924. The van der Waals surface area contributed by atoms with E-state index < -0.39 is 34.1 Å². The van der Waals surface area contributed by atoms with Gasteiger partial charge in [0.15, 0.2) is 11.0 Å². The number of hydrogen-bond donors (Lipinski definition) is 1. The molecule has 0 aliphatic rings. The largest absolute Gasteiger partial charge is 0.382 e. The Morgan fingerprint density at radius 3 is 2.65 bits per heavy atom. The lowest BCUT2D eigenvalue weighted by molar-refractivity contribution is 0.0319. The van der Waals surface area contributed by atoms with Gasteiger partial charge in [-0.05, 0) is 6.07 Å². The van der Waals surface area contributed by atoms with Crippen molar-refractivity contribution in [1.82, 2.24) is 24.7 Å². The predicted molar refractivity (Wildman–Crippen MR) is 85.4 cm³/mol. The molecule has 2 unspecified atom stereocenters. The van der Waals surface area contributed by atoms with E-state index in [1.54, 1.807) is 0 Å². The Labute approximate surface area is 151 Å². The summed E-state index contributed by atoms with van der Waals surface area (Å²) in [6.07, 6.45) is 3.47. The summed E-state index contributed by atoms with van der Waals surface area (Å²) in [5.41, 5.74) is -2.69. The summed E-state index contributed by atoms with van der Waals surface area (Å²) in [6, 6.07) is 2.66. The zero-order valence-electron chi connectivity index (χ0n) is 13.3. The average Bonchev–Trinajstić information content (AvgIpc) is 3.09. The smallest absolute Gasteiger partial charge is 0.182 e. The highest BCUT2D eigenvalue weighted by Gasteiger charge is 2.42. The molecule has 1 aromatic carbocycles. The topological polar surface area (TPSA) is 76.7 Å². The van der Waals surface area contributed by atoms with Crippen molar-refractivity contribution in [2.75, 3.05) is 0 Å². The third kappa shape index (κ3) is 3.27. The van der Waals surface area contributed by atoms with E-state index >= 15 is 0 Å². The minimum atomic E-state index is -2.15. The van der Waals surface area contributed by atoms with E-state index in [1.165, 1.54) is 19.6 Å². The molecule has 1 radical (unpaired) electrons. The zero-order valence-corrected chi connectivity index (χ0v) is 14.1. The molecule has 0 bridgehead atoms. The second kappa shape index (κ2) is 7.00. The van der Waals surface area contributed by atoms with Crippen LogP contribution in [0.4, 0.5) is 13.2 Å². The summed E-state index contributed by atoms with van der Waals surface area (Å²) < 4.78 is 43.2. The van der Waals surface area contributed by atoms with Crippen LogP contribution in [0, 0.1) is 24.0 Å². The van der Waals surface area contributed by atoms with Gasteiger partial charge in [-0.1, -0.05) is 24.6 Å². The van der Waals surface area contributed by atoms with Gasteiger partial charge in [0.2, 0.25) is 0 Å². The van der Waals surface area contributed by atoms with Crippen molar-refractivity contribution in [3.63, 3.8) is 0 Å². The number of aromatic nitrogens is 5. The molecule has 0 amide bonds. The normalized spacial score (nSPS) is 14.8. The van der Waals surface area contributed by atoms with Crippen LogP contribution in [0.3, 0.4) is 0 Å². The van der Waals surface area contributed by atoms with Gasteiger partial charge in [0.1, 0.15) is 42.8 Å². The Morgan fingerprint density at radius 1 is 1.23 bits per heavy atom. The Kier molecular flexibility index (Phi) is 4.92. The zero-order chi connectivity index (χ0) is 18.9.